The van der Waals surface area contributed by atoms with Gasteiger partial charge in [-0.2, -0.15) is 0 Å². The van der Waals surface area contributed by atoms with Crippen molar-refractivity contribution in [3.63, 3.8) is 0 Å². The van der Waals surface area contributed by atoms with Crippen molar-refractivity contribution < 1.29 is 80.2 Å². The van der Waals surface area contributed by atoms with Gasteiger partial charge in [0.15, 0.2) is 12.2 Å². The summed E-state index contributed by atoms with van der Waals surface area (Å²) < 4.78 is 68.4. The van der Waals surface area contributed by atoms with Crippen LogP contribution in [0, 0.1) is 0 Å². The minimum Gasteiger partial charge on any atom is -0.462 e. The van der Waals surface area contributed by atoms with Crippen molar-refractivity contribution in [1.29, 1.82) is 0 Å². The van der Waals surface area contributed by atoms with E-state index in [0.717, 1.165) is 167 Å². The largest absolute Gasteiger partial charge is 0.472 e. The number of unbranched alkanes of at least 4 members (excludes halogenated alkanes) is 15. The summed E-state index contributed by atoms with van der Waals surface area (Å²) in [5.74, 6) is -2.36. The summed E-state index contributed by atoms with van der Waals surface area (Å²) in [6.45, 7) is 4.30. The predicted molar refractivity (Wildman–Crippen MR) is 426 cm³/mol. The number of aliphatic hydroxyl groups is 1. The van der Waals surface area contributed by atoms with Crippen LogP contribution in [-0.2, 0) is 65.4 Å². The van der Waals surface area contributed by atoms with E-state index in [1.807, 2.05) is 24.3 Å². The van der Waals surface area contributed by atoms with Gasteiger partial charge in [0, 0.05) is 25.7 Å². The van der Waals surface area contributed by atoms with Crippen LogP contribution in [0.3, 0.4) is 0 Å². The van der Waals surface area contributed by atoms with E-state index in [4.69, 9.17) is 37.0 Å². The Bertz CT molecular complexity index is 2690. The van der Waals surface area contributed by atoms with E-state index in [1.165, 1.54) is 12.8 Å². The number of phosphoric acid groups is 2. The van der Waals surface area contributed by atoms with Crippen molar-refractivity contribution in [3.8, 4) is 0 Å². The monoisotopic (exact) mass is 1490 g/mol. The normalized spacial score (nSPS) is 14.9. The molecule has 0 aromatic rings. The molecule has 0 radical (unpaired) electrons. The second-order valence-corrected chi connectivity index (χ2v) is 28.1. The summed E-state index contributed by atoms with van der Waals surface area (Å²) in [6, 6.07) is 0. The Hall–Kier alpha value is -5.84. The first-order valence-corrected chi connectivity index (χ1v) is 42.0. The Morgan fingerprint density at radius 2 is 0.519 bits per heavy atom. The third kappa shape index (κ3) is 74.4. The van der Waals surface area contributed by atoms with E-state index in [0.29, 0.717) is 38.5 Å². The summed E-state index contributed by atoms with van der Waals surface area (Å²) >= 11 is 0. The Kier molecular flexibility index (Phi) is 71.2. The number of phosphoric ester groups is 2. The number of aliphatic hydroxyl groups excluding tert-OH is 1. The molecule has 0 aliphatic rings. The molecule has 0 aromatic carbocycles. The van der Waals surface area contributed by atoms with Crippen molar-refractivity contribution >= 4 is 39.5 Å². The summed E-state index contributed by atoms with van der Waals surface area (Å²) in [6.07, 6.45) is 90.5. The molecule has 0 bridgehead atoms. The molecular formula is C85H136O17P2. The summed E-state index contributed by atoms with van der Waals surface area (Å²) in [7, 11) is -10.0. The van der Waals surface area contributed by atoms with Crippen molar-refractivity contribution in [1.82, 2.24) is 0 Å². The first-order valence-electron chi connectivity index (χ1n) is 39.0. The molecule has 0 aromatic heterocycles. The highest BCUT2D eigenvalue weighted by molar-refractivity contribution is 7.47. The fourth-order valence-corrected chi connectivity index (χ4v) is 11.1. The average Bonchev–Trinajstić information content (AvgIpc) is 0.929. The molecule has 0 fully saturated rings. The van der Waals surface area contributed by atoms with Gasteiger partial charge in [0.05, 0.1) is 26.4 Å². The number of esters is 4. The van der Waals surface area contributed by atoms with Crippen molar-refractivity contribution in [3.05, 3.63) is 182 Å². The van der Waals surface area contributed by atoms with Gasteiger partial charge in [0.25, 0.3) is 0 Å². The van der Waals surface area contributed by atoms with E-state index in [1.54, 1.807) is 0 Å². The molecule has 0 saturated heterocycles. The maximum absolute atomic E-state index is 13.1. The van der Waals surface area contributed by atoms with Crippen molar-refractivity contribution in [2.24, 2.45) is 0 Å². The zero-order chi connectivity index (χ0) is 76.0. The molecule has 0 heterocycles. The van der Waals surface area contributed by atoms with Crippen LogP contribution in [0.5, 0.6) is 0 Å². The minimum atomic E-state index is -5.01. The molecular weight excluding hydrogens is 1350 g/mol. The van der Waals surface area contributed by atoms with Crippen molar-refractivity contribution in [2.45, 2.75) is 290 Å². The van der Waals surface area contributed by atoms with E-state index >= 15 is 0 Å². The molecule has 5 atom stereocenters. The van der Waals surface area contributed by atoms with Crippen LogP contribution in [0.1, 0.15) is 272 Å². The van der Waals surface area contributed by atoms with Gasteiger partial charge in [-0.3, -0.25) is 37.3 Å². The molecule has 5 unspecified atom stereocenters. The van der Waals surface area contributed by atoms with Crippen LogP contribution in [0.25, 0.3) is 0 Å². The van der Waals surface area contributed by atoms with Gasteiger partial charge in [-0.05, 0) is 161 Å². The molecule has 588 valence electrons. The maximum atomic E-state index is 13.1. The zero-order valence-electron chi connectivity index (χ0n) is 64.1. The number of carbonyl (C=O) groups is 4. The second-order valence-electron chi connectivity index (χ2n) is 25.1. The van der Waals surface area contributed by atoms with Gasteiger partial charge in [0.1, 0.15) is 19.3 Å². The van der Waals surface area contributed by atoms with Crippen LogP contribution in [0.15, 0.2) is 182 Å². The lowest BCUT2D eigenvalue weighted by molar-refractivity contribution is -0.161. The van der Waals surface area contributed by atoms with Crippen LogP contribution in [0.2, 0.25) is 0 Å². The molecule has 104 heavy (non-hydrogen) atoms. The zero-order valence-corrected chi connectivity index (χ0v) is 65.9. The van der Waals surface area contributed by atoms with E-state index in [-0.39, 0.29) is 25.7 Å². The Morgan fingerprint density at radius 3 is 0.856 bits per heavy atom. The summed E-state index contributed by atoms with van der Waals surface area (Å²) in [4.78, 5) is 72.9. The SMILES string of the molecule is CC/C=C\C/C=C\C/C=C\C/C=C\C/C=C\C/C=C\CCC(=O)OCC(COP(=O)(O)OCC(O)COP(=O)(O)OCC(COC(=O)CCCCCCCC/C=C\C/C=C\C/C=C\C/C=C\CC)OC(=O)CCCCCCC/C=C\CCCC)OC(=O)CCCC/C=C\C/C=C\C/C=C\C/C=C\CC. The fraction of sp³-hybridized carbons (Fsp3) is 0.600. The minimum absolute atomic E-state index is 0.0196. The van der Waals surface area contributed by atoms with Crippen LogP contribution >= 0.6 is 15.6 Å². The molecule has 3 N–H and O–H groups in total. The second kappa shape index (κ2) is 75.4. The third-order valence-corrected chi connectivity index (χ3v) is 17.3. The highest BCUT2D eigenvalue weighted by Gasteiger charge is 2.30. The molecule has 17 nitrogen and oxygen atoms in total. The number of carbonyl (C=O) groups excluding carboxylic acids is 4. The average molecular weight is 1490 g/mol. The lowest BCUT2D eigenvalue weighted by Crippen LogP contribution is -2.30. The molecule has 0 rings (SSSR count). The molecule has 0 aliphatic carbocycles. The number of ether oxygens (including phenoxy) is 4. The topological polar surface area (TPSA) is 237 Å². The van der Waals surface area contributed by atoms with Crippen LogP contribution in [0.4, 0.5) is 0 Å². The first-order chi connectivity index (χ1) is 50.7. The van der Waals surface area contributed by atoms with Crippen LogP contribution in [-0.4, -0.2) is 96.7 Å². The van der Waals surface area contributed by atoms with Crippen molar-refractivity contribution in [2.75, 3.05) is 39.6 Å². The third-order valence-electron chi connectivity index (χ3n) is 15.4. The highest BCUT2D eigenvalue weighted by Crippen LogP contribution is 2.45. The quantitative estimate of drug-likeness (QED) is 0.0169. The van der Waals surface area contributed by atoms with Gasteiger partial charge >= 0.3 is 39.5 Å². The molecule has 0 amide bonds. The highest BCUT2D eigenvalue weighted by atomic mass is 31.2. The van der Waals surface area contributed by atoms with Gasteiger partial charge in [-0.25, -0.2) is 9.13 Å². The number of rotatable bonds is 71. The number of hydrogen-bond acceptors (Lipinski definition) is 15. The number of hydrogen-bond donors (Lipinski definition) is 3. The standard InChI is InChI=1S/C85H136O17P2/c1-5-9-13-17-21-25-29-32-35-37-39-41-44-46-50-53-57-61-65-69-82(87)95-75-80(101-84(89)71-67-63-59-55-49-28-24-20-16-12-8-4)77-99-103(91,92)97-73-79(86)74-98-104(93,94)100-78-81(102-85(90)72-68-64-60-56-52-48-43-34-31-27-23-19-15-11-7-3)76-96-83(88)70-66-62-58-54-51-47-45-42-40-38-36-33-30-26-22-18-14-10-6-2/h9-11,13-15,20-27,32-36,39-43,47,51-52,56,58,62,79-81,86H,5-8,12,16-19,28-31,37-38,44-46,48-50,53-55,57,59-61,63-78H2,1-4H3,(H,91,92)(H,93,94)/b13-9-,14-10-,15-11-,24-20-,25-21-,26-22-,27-23-,35-32-,36-33-,41-39-,42-40-,43-34-,51-47-,56-52-,62-58-. The van der Waals surface area contributed by atoms with E-state index in [9.17, 15) is 43.2 Å². The van der Waals surface area contributed by atoms with E-state index < -0.39 is 97.5 Å². The number of allylic oxidation sites excluding steroid dienone is 30. The Morgan fingerprint density at radius 1 is 0.279 bits per heavy atom. The molecule has 19 heteroatoms. The van der Waals surface area contributed by atoms with Gasteiger partial charge in [-0.1, -0.05) is 268 Å². The lowest BCUT2D eigenvalue weighted by atomic mass is 10.1. The predicted octanol–water partition coefficient (Wildman–Crippen LogP) is 22.8. The lowest BCUT2D eigenvalue weighted by Gasteiger charge is -2.21. The molecule has 0 spiro atoms. The van der Waals surface area contributed by atoms with Gasteiger partial charge < -0.3 is 33.8 Å². The maximum Gasteiger partial charge on any atom is 0.472 e. The van der Waals surface area contributed by atoms with Crippen LogP contribution < -0.4 is 0 Å². The van der Waals surface area contributed by atoms with Gasteiger partial charge in [-0.15, -0.1) is 0 Å². The van der Waals surface area contributed by atoms with E-state index in [2.05, 4.69) is 186 Å². The first kappa shape index (κ1) is 98.2. The summed E-state index contributed by atoms with van der Waals surface area (Å²) in [5.41, 5.74) is 0. The summed E-state index contributed by atoms with van der Waals surface area (Å²) in [5, 5.41) is 10.6. The Labute approximate surface area is 628 Å². The Balaban J connectivity index is 5.45. The smallest absolute Gasteiger partial charge is 0.462 e. The molecule has 0 saturated carbocycles. The fourth-order valence-electron chi connectivity index (χ4n) is 9.50. The molecule has 0 aliphatic heterocycles. The van der Waals surface area contributed by atoms with Gasteiger partial charge in [0.2, 0.25) is 0 Å².